The Labute approximate surface area is 80.5 Å². The van der Waals surface area contributed by atoms with Gasteiger partial charge in [0.05, 0.1) is 11.6 Å². The van der Waals surface area contributed by atoms with Gasteiger partial charge >= 0.3 is 0 Å². The number of halogens is 3. The Kier molecular flexibility index (Phi) is 2.88. The maximum atomic E-state index is 13.2. The van der Waals surface area contributed by atoms with Gasteiger partial charge in [0.2, 0.25) is 0 Å². The molecule has 0 saturated carbocycles. The van der Waals surface area contributed by atoms with E-state index in [1.54, 1.807) is 19.1 Å². The van der Waals surface area contributed by atoms with Gasteiger partial charge < -0.3 is 5.73 Å². The van der Waals surface area contributed by atoms with Crippen molar-refractivity contribution in [3.63, 3.8) is 0 Å². The highest BCUT2D eigenvalue weighted by molar-refractivity contribution is 6.31. The number of nitrogens with two attached hydrogens (primary N) is 1. The second kappa shape index (κ2) is 3.60. The highest BCUT2D eigenvalue weighted by Crippen LogP contribution is 2.34. The van der Waals surface area contributed by atoms with E-state index in [0.717, 1.165) is 0 Å². The van der Waals surface area contributed by atoms with Gasteiger partial charge in [0.15, 0.2) is 0 Å². The molecule has 1 aromatic carbocycles. The highest BCUT2D eigenvalue weighted by Gasteiger charge is 2.33. The zero-order chi connectivity index (χ0) is 10.1. The van der Waals surface area contributed by atoms with Crippen LogP contribution in [0.3, 0.4) is 0 Å². The molecule has 0 bridgehead atoms. The molecule has 0 fully saturated rings. The fourth-order valence-electron chi connectivity index (χ4n) is 1.20. The molecular weight excluding hydrogens is 196 g/mol. The molecule has 0 aliphatic rings. The van der Waals surface area contributed by atoms with E-state index in [2.05, 4.69) is 0 Å². The van der Waals surface area contributed by atoms with Crippen LogP contribution in [-0.4, -0.2) is 6.54 Å². The summed E-state index contributed by atoms with van der Waals surface area (Å²) in [6.07, 6.45) is 0. The Hall–Kier alpha value is -0.670. The normalized spacial score (nSPS) is 11.8. The third kappa shape index (κ3) is 1.98. The Balaban J connectivity index is 3.28. The molecule has 0 amide bonds. The van der Waals surface area contributed by atoms with Crippen LogP contribution in [0.15, 0.2) is 18.2 Å². The van der Waals surface area contributed by atoms with E-state index in [1.165, 1.54) is 6.07 Å². The molecule has 0 unspecified atom stereocenters. The van der Waals surface area contributed by atoms with Gasteiger partial charge in [0.25, 0.3) is 5.92 Å². The van der Waals surface area contributed by atoms with E-state index >= 15 is 0 Å². The van der Waals surface area contributed by atoms with Crippen LogP contribution in [0.4, 0.5) is 8.78 Å². The van der Waals surface area contributed by atoms with Crippen LogP contribution in [-0.2, 0) is 5.92 Å². The number of alkyl halides is 2. The zero-order valence-corrected chi connectivity index (χ0v) is 7.91. The van der Waals surface area contributed by atoms with Gasteiger partial charge in [-0.1, -0.05) is 23.7 Å². The minimum absolute atomic E-state index is 0.0652. The van der Waals surface area contributed by atoms with Crippen molar-refractivity contribution >= 4 is 11.6 Å². The van der Waals surface area contributed by atoms with Gasteiger partial charge in [-0.15, -0.1) is 0 Å². The van der Waals surface area contributed by atoms with Gasteiger partial charge in [0, 0.05) is 5.56 Å². The zero-order valence-electron chi connectivity index (χ0n) is 7.15. The van der Waals surface area contributed by atoms with Crippen molar-refractivity contribution in [2.75, 3.05) is 6.54 Å². The second-order valence-electron chi connectivity index (χ2n) is 2.84. The van der Waals surface area contributed by atoms with Crippen LogP contribution in [0.25, 0.3) is 0 Å². The summed E-state index contributed by atoms with van der Waals surface area (Å²) < 4.78 is 26.4. The number of benzene rings is 1. The Morgan fingerprint density at radius 1 is 1.46 bits per heavy atom. The molecule has 0 aromatic heterocycles. The van der Waals surface area contributed by atoms with Crippen molar-refractivity contribution in [2.45, 2.75) is 12.8 Å². The van der Waals surface area contributed by atoms with Crippen molar-refractivity contribution in [3.05, 3.63) is 34.3 Å². The highest BCUT2D eigenvalue weighted by atomic mass is 35.5. The number of aryl methyl sites for hydroxylation is 1. The molecule has 0 aliphatic carbocycles. The average Bonchev–Trinajstić information content (AvgIpc) is 2.03. The third-order valence-corrected chi connectivity index (χ3v) is 2.16. The lowest BCUT2D eigenvalue weighted by atomic mass is 10.0. The molecule has 2 N–H and O–H groups in total. The summed E-state index contributed by atoms with van der Waals surface area (Å²) >= 11 is 5.66. The molecule has 4 heteroatoms. The molecule has 72 valence electrons. The van der Waals surface area contributed by atoms with Crippen molar-refractivity contribution in [1.29, 1.82) is 0 Å². The van der Waals surface area contributed by atoms with E-state index in [0.29, 0.717) is 5.56 Å². The molecule has 1 rings (SSSR count). The summed E-state index contributed by atoms with van der Waals surface area (Å²) in [6, 6.07) is 4.66. The summed E-state index contributed by atoms with van der Waals surface area (Å²) in [7, 11) is 0. The van der Waals surface area contributed by atoms with Gasteiger partial charge in [-0.3, -0.25) is 0 Å². The molecule has 0 saturated heterocycles. The van der Waals surface area contributed by atoms with Crippen molar-refractivity contribution < 1.29 is 8.78 Å². The van der Waals surface area contributed by atoms with E-state index < -0.39 is 12.5 Å². The summed E-state index contributed by atoms with van der Waals surface area (Å²) in [5.41, 5.74) is 5.26. The Morgan fingerprint density at radius 2 is 2.08 bits per heavy atom. The molecule has 1 aromatic rings. The lowest BCUT2D eigenvalue weighted by Gasteiger charge is -2.17. The molecule has 13 heavy (non-hydrogen) atoms. The summed E-state index contributed by atoms with van der Waals surface area (Å²) in [6.45, 7) is 0.863. The predicted molar refractivity (Wildman–Crippen MR) is 49.1 cm³/mol. The molecule has 0 spiro atoms. The van der Waals surface area contributed by atoms with Crippen LogP contribution < -0.4 is 5.73 Å². The van der Waals surface area contributed by atoms with Crippen molar-refractivity contribution in [2.24, 2.45) is 5.73 Å². The van der Waals surface area contributed by atoms with Crippen molar-refractivity contribution in [3.8, 4) is 0 Å². The van der Waals surface area contributed by atoms with Gasteiger partial charge in [-0.25, -0.2) is 0 Å². The number of hydrogen-bond acceptors (Lipinski definition) is 1. The van der Waals surface area contributed by atoms with E-state index in [1.807, 2.05) is 0 Å². The van der Waals surface area contributed by atoms with Crippen molar-refractivity contribution in [1.82, 2.24) is 0 Å². The average molecular weight is 206 g/mol. The molecule has 0 radical (unpaired) electrons. The van der Waals surface area contributed by atoms with Gasteiger partial charge in [-0.05, 0) is 18.6 Å². The van der Waals surface area contributed by atoms with E-state index in [4.69, 9.17) is 17.3 Å². The van der Waals surface area contributed by atoms with Crippen LogP contribution in [0.1, 0.15) is 11.1 Å². The first-order chi connectivity index (χ1) is 5.99. The summed E-state index contributed by atoms with van der Waals surface area (Å²) in [5, 5.41) is 0.0652. The van der Waals surface area contributed by atoms with E-state index in [9.17, 15) is 8.78 Å². The summed E-state index contributed by atoms with van der Waals surface area (Å²) in [4.78, 5) is 0. The SMILES string of the molecule is Cc1cccc(Cl)c1C(F)(F)CN. The van der Waals surface area contributed by atoms with Gasteiger partial charge in [0.1, 0.15) is 0 Å². The van der Waals surface area contributed by atoms with E-state index in [-0.39, 0.29) is 10.6 Å². The minimum atomic E-state index is -3.04. The molecule has 0 heterocycles. The predicted octanol–water partition coefficient (Wildman–Crippen LogP) is 2.70. The second-order valence-corrected chi connectivity index (χ2v) is 3.25. The number of hydrogen-bond donors (Lipinski definition) is 1. The topological polar surface area (TPSA) is 26.0 Å². The lowest BCUT2D eigenvalue weighted by Crippen LogP contribution is -2.26. The molecular formula is C9H10ClF2N. The van der Waals surface area contributed by atoms with Gasteiger partial charge in [-0.2, -0.15) is 8.78 Å². The third-order valence-electron chi connectivity index (χ3n) is 1.84. The largest absolute Gasteiger partial charge is 0.325 e. The first-order valence-corrected chi connectivity index (χ1v) is 4.20. The molecule has 0 atom stereocenters. The molecule has 1 nitrogen and oxygen atoms in total. The maximum Gasteiger partial charge on any atom is 0.286 e. The standard InChI is InChI=1S/C9H10ClF2N/c1-6-3-2-4-7(10)8(6)9(11,12)5-13/h2-4H,5,13H2,1H3. The fourth-order valence-corrected chi connectivity index (χ4v) is 1.56. The quantitative estimate of drug-likeness (QED) is 0.790. The van der Waals surface area contributed by atoms with Crippen LogP contribution >= 0.6 is 11.6 Å². The minimum Gasteiger partial charge on any atom is -0.325 e. The smallest absolute Gasteiger partial charge is 0.286 e. The molecule has 0 aliphatic heterocycles. The lowest BCUT2D eigenvalue weighted by molar-refractivity contribution is 0.00545. The van der Waals surface area contributed by atoms with Crippen LogP contribution in [0, 0.1) is 6.92 Å². The Bertz CT molecular complexity index is 292. The monoisotopic (exact) mass is 205 g/mol. The maximum absolute atomic E-state index is 13.2. The Morgan fingerprint density at radius 3 is 2.54 bits per heavy atom. The first-order valence-electron chi connectivity index (χ1n) is 3.82. The number of rotatable bonds is 2. The van der Waals surface area contributed by atoms with Crippen LogP contribution in [0.2, 0.25) is 5.02 Å². The van der Waals surface area contributed by atoms with Crippen LogP contribution in [0.5, 0.6) is 0 Å². The first kappa shape index (κ1) is 10.4. The summed E-state index contributed by atoms with van der Waals surface area (Å²) in [5.74, 6) is -3.04. The fraction of sp³-hybridized carbons (Fsp3) is 0.333.